The van der Waals surface area contributed by atoms with Gasteiger partial charge in [0.25, 0.3) is 0 Å². The van der Waals surface area contributed by atoms with E-state index >= 15 is 0 Å². The predicted molar refractivity (Wildman–Crippen MR) is 64.0 cm³/mol. The summed E-state index contributed by atoms with van der Waals surface area (Å²) in [5.74, 6) is 0. The van der Waals surface area contributed by atoms with Gasteiger partial charge in [0.1, 0.15) is 0 Å². The zero-order chi connectivity index (χ0) is 13.1. The molecule has 0 amide bonds. The highest BCUT2D eigenvalue weighted by Crippen LogP contribution is 2.30. The fourth-order valence-corrected chi connectivity index (χ4v) is 1.24. The highest BCUT2D eigenvalue weighted by Gasteiger charge is 2.29. The minimum Gasteiger partial charge on any atom is -0.385 e. The molecule has 0 radical (unpaired) electrons. The topological polar surface area (TPSA) is 12.0 Å². The molecule has 0 saturated carbocycles. The maximum Gasteiger partial charge on any atom is 0.416 e. The van der Waals surface area contributed by atoms with Gasteiger partial charge in [0, 0.05) is 12.2 Å². The average molecular weight is 245 g/mol. The van der Waals surface area contributed by atoms with Crippen molar-refractivity contribution in [3.8, 4) is 0 Å². The van der Waals surface area contributed by atoms with E-state index < -0.39 is 11.7 Å². The largest absolute Gasteiger partial charge is 0.416 e. The first-order valence-corrected chi connectivity index (χ1v) is 5.66. The van der Waals surface area contributed by atoms with E-state index in [-0.39, 0.29) is 5.41 Å². The van der Waals surface area contributed by atoms with Crippen molar-refractivity contribution in [1.82, 2.24) is 0 Å². The molecule has 1 rings (SSSR count). The number of anilines is 1. The molecule has 1 N–H and O–H groups in total. The van der Waals surface area contributed by atoms with Crippen LogP contribution in [0.25, 0.3) is 0 Å². The molecule has 0 aliphatic heterocycles. The van der Waals surface area contributed by atoms with Crippen molar-refractivity contribution in [3.63, 3.8) is 0 Å². The molecule has 4 heteroatoms. The van der Waals surface area contributed by atoms with Crippen molar-refractivity contribution in [2.45, 2.75) is 33.4 Å². The Morgan fingerprint density at radius 3 is 2.00 bits per heavy atom. The first kappa shape index (κ1) is 13.9. The molecular weight excluding hydrogens is 227 g/mol. The molecule has 0 aliphatic rings. The smallest absolute Gasteiger partial charge is 0.385 e. The zero-order valence-corrected chi connectivity index (χ0v) is 10.4. The van der Waals surface area contributed by atoms with Crippen LogP contribution in [0.4, 0.5) is 18.9 Å². The second-order valence-electron chi connectivity index (χ2n) is 4.95. The lowest BCUT2D eigenvalue weighted by atomic mass is 9.90. The molecule has 0 bridgehead atoms. The Morgan fingerprint density at radius 2 is 1.59 bits per heavy atom. The predicted octanol–water partition coefficient (Wildman–Crippen LogP) is 4.55. The van der Waals surface area contributed by atoms with E-state index in [1.165, 1.54) is 12.1 Å². The van der Waals surface area contributed by atoms with E-state index in [1.54, 1.807) is 0 Å². The third kappa shape index (κ3) is 4.29. The molecule has 1 nitrogen and oxygen atoms in total. The van der Waals surface area contributed by atoms with Crippen molar-refractivity contribution in [2.24, 2.45) is 5.41 Å². The van der Waals surface area contributed by atoms with Gasteiger partial charge in [-0.15, -0.1) is 0 Å². The Bertz CT molecular complexity index is 352. The van der Waals surface area contributed by atoms with Gasteiger partial charge in [0.05, 0.1) is 5.56 Å². The maximum absolute atomic E-state index is 12.3. The number of benzene rings is 1. The number of nitrogens with one attached hydrogen (secondary N) is 1. The van der Waals surface area contributed by atoms with Gasteiger partial charge in [0.15, 0.2) is 0 Å². The van der Waals surface area contributed by atoms with Crippen molar-refractivity contribution in [3.05, 3.63) is 29.8 Å². The number of hydrogen-bond acceptors (Lipinski definition) is 1. The van der Waals surface area contributed by atoms with E-state index in [1.807, 2.05) is 0 Å². The number of rotatable bonds is 4. The summed E-state index contributed by atoms with van der Waals surface area (Å²) in [5, 5.41) is 3.15. The molecule has 0 fully saturated rings. The highest BCUT2D eigenvalue weighted by molar-refractivity contribution is 5.45. The highest BCUT2D eigenvalue weighted by atomic mass is 19.4. The molecule has 17 heavy (non-hydrogen) atoms. The quantitative estimate of drug-likeness (QED) is 0.820. The summed E-state index contributed by atoms with van der Waals surface area (Å²) in [7, 11) is 0. The molecule has 0 saturated heterocycles. The summed E-state index contributed by atoms with van der Waals surface area (Å²) in [6.45, 7) is 7.07. The average Bonchev–Trinajstić information content (AvgIpc) is 2.26. The normalized spacial score (nSPS) is 12.6. The standard InChI is InChI=1S/C13H18F3N/c1-4-12(2,3)9-17-11-7-5-10(6-8-11)13(14,15)16/h5-8,17H,4,9H2,1-3H3. The van der Waals surface area contributed by atoms with E-state index in [9.17, 15) is 13.2 Å². The van der Waals surface area contributed by atoms with Crippen molar-refractivity contribution >= 4 is 5.69 Å². The van der Waals surface area contributed by atoms with Crippen LogP contribution in [0.2, 0.25) is 0 Å². The Morgan fingerprint density at radius 1 is 1.06 bits per heavy atom. The minimum atomic E-state index is -4.26. The SMILES string of the molecule is CCC(C)(C)CNc1ccc(C(F)(F)F)cc1. The second kappa shape index (κ2) is 4.98. The fraction of sp³-hybridized carbons (Fsp3) is 0.538. The van der Waals surface area contributed by atoms with Gasteiger partial charge < -0.3 is 5.32 Å². The summed E-state index contributed by atoms with van der Waals surface area (Å²) in [6, 6.07) is 5.13. The van der Waals surface area contributed by atoms with Crippen molar-refractivity contribution in [2.75, 3.05) is 11.9 Å². The van der Waals surface area contributed by atoms with Crippen LogP contribution in [0, 0.1) is 5.41 Å². The molecular formula is C13H18F3N. The Balaban J connectivity index is 2.64. The Hall–Kier alpha value is -1.19. The molecule has 1 aromatic carbocycles. The first-order valence-electron chi connectivity index (χ1n) is 5.66. The lowest BCUT2D eigenvalue weighted by Crippen LogP contribution is -2.22. The van der Waals surface area contributed by atoms with Crippen LogP contribution in [0.5, 0.6) is 0 Å². The van der Waals surface area contributed by atoms with Gasteiger partial charge in [-0.25, -0.2) is 0 Å². The van der Waals surface area contributed by atoms with Gasteiger partial charge in [-0.1, -0.05) is 20.8 Å². The van der Waals surface area contributed by atoms with Gasteiger partial charge in [-0.05, 0) is 36.1 Å². The van der Waals surface area contributed by atoms with E-state index in [0.717, 1.165) is 30.8 Å². The summed E-state index contributed by atoms with van der Waals surface area (Å²) in [4.78, 5) is 0. The van der Waals surface area contributed by atoms with Gasteiger partial charge in [-0.2, -0.15) is 13.2 Å². The first-order chi connectivity index (χ1) is 7.74. The second-order valence-corrected chi connectivity index (χ2v) is 4.95. The molecule has 1 aromatic rings. The third-order valence-corrected chi connectivity index (χ3v) is 2.94. The van der Waals surface area contributed by atoms with Gasteiger partial charge >= 0.3 is 6.18 Å². The van der Waals surface area contributed by atoms with Crippen LogP contribution in [0.1, 0.15) is 32.8 Å². The maximum atomic E-state index is 12.3. The van der Waals surface area contributed by atoms with Crippen molar-refractivity contribution < 1.29 is 13.2 Å². The Kier molecular flexibility index (Phi) is 4.07. The van der Waals surface area contributed by atoms with E-state index in [4.69, 9.17) is 0 Å². The zero-order valence-electron chi connectivity index (χ0n) is 10.4. The van der Waals surface area contributed by atoms with E-state index in [0.29, 0.717) is 0 Å². The third-order valence-electron chi connectivity index (χ3n) is 2.94. The van der Waals surface area contributed by atoms with Crippen LogP contribution in [0.3, 0.4) is 0 Å². The monoisotopic (exact) mass is 245 g/mol. The van der Waals surface area contributed by atoms with Crippen molar-refractivity contribution in [1.29, 1.82) is 0 Å². The van der Waals surface area contributed by atoms with Crippen LogP contribution in [0.15, 0.2) is 24.3 Å². The van der Waals surface area contributed by atoms with Crippen LogP contribution >= 0.6 is 0 Å². The van der Waals surface area contributed by atoms with E-state index in [2.05, 4.69) is 26.1 Å². The van der Waals surface area contributed by atoms with Gasteiger partial charge in [0.2, 0.25) is 0 Å². The van der Waals surface area contributed by atoms with Crippen LogP contribution in [-0.2, 0) is 6.18 Å². The molecule has 0 unspecified atom stereocenters. The lowest BCUT2D eigenvalue weighted by Gasteiger charge is -2.23. The van der Waals surface area contributed by atoms with Gasteiger partial charge in [-0.3, -0.25) is 0 Å². The summed E-state index contributed by atoms with van der Waals surface area (Å²) in [5.41, 5.74) is 0.250. The van der Waals surface area contributed by atoms with Crippen LogP contribution < -0.4 is 5.32 Å². The summed E-state index contributed by atoms with van der Waals surface area (Å²) in [6.07, 6.45) is -3.25. The summed E-state index contributed by atoms with van der Waals surface area (Å²) < 4.78 is 37.0. The number of halogens is 3. The molecule has 96 valence electrons. The number of hydrogen-bond donors (Lipinski definition) is 1. The van der Waals surface area contributed by atoms with Crippen LogP contribution in [-0.4, -0.2) is 6.54 Å². The molecule has 0 heterocycles. The summed E-state index contributed by atoms with van der Waals surface area (Å²) >= 11 is 0. The molecule has 0 aliphatic carbocycles. The number of alkyl halides is 3. The molecule has 0 spiro atoms. The Labute approximate surface area is 100 Å². The lowest BCUT2D eigenvalue weighted by molar-refractivity contribution is -0.137. The molecule has 0 atom stereocenters. The minimum absolute atomic E-state index is 0.142. The fourth-order valence-electron chi connectivity index (χ4n) is 1.24. The molecule has 0 aromatic heterocycles.